The van der Waals surface area contributed by atoms with Crippen molar-refractivity contribution in [3.63, 3.8) is 0 Å². The Morgan fingerprint density at radius 3 is 2.76 bits per heavy atom. The summed E-state index contributed by atoms with van der Waals surface area (Å²) in [5.74, 6) is 0.147. The molecule has 2 N–H and O–H groups in total. The van der Waals surface area contributed by atoms with E-state index < -0.39 is 0 Å². The fourth-order valence-electron chi connectivity index (χ4n) is 2.02. The van der Waals surface area contributed by atoms with Crippen LogP contribution in [0.4, 0.5) is 0 Å². The van der Waals surface area contributed by atoms with Crippen molar-refractivity contribution in [3.8, 4) is 0 Å². The molecule has 17 heavy (non-hydrogen) atoms. The number of Topliss-reactive ketones (excluding diaryl/α,β-unsaturated/α-hetero) is 1. The number of rotatable bonds is 4. The quantitative estimate of drug-likeness (QED) is 0.793. The van der Waals surface area contributed by atoms with Gasteiger partial charge in [-0.05, 0) is 13.0 Å². The first-order chi connectivity index (χ1) is 8.09. The molecule has 1 aromatic heterocycles. The number of hydrogen-bond donors (Lipinski definition) is 2. The Hall–Kier alpha value is -1.61. The predicted octanol–water partition coefficient (Wildman–Crippen LogP) is 2.66. The van der Waals surface area contributed by atoms with Crippen molar-refractivity contribution in [3.05, 3.63) is 35.5 Å². The molecule has 0 fully saturated rings. The van der Waals surface area contributed by atoms with Crippen LogP contribution in [-0.2, 0) is 0 Å². The minimum Gasteiger partial charge on any atom is -0.358 e. The van der Waals surface area contributed by atoms with Gasteiger partial charge in [0.1, 0.15) is 0 Å². The second kappa shape index (κ2) is 4.72. The zero-order valence-corrected chi connectivity index (χ0v) is 10.5. The molecule has 0 saturated carbocycles. The first-order valence-corrected chi connectivity index (χ1v) is 5.93. The lowest BCUT2D eigenvalue weighted by atomic mass is 10.1. The van der Waals surface area contributed by atoms with E-state index in [1.54, 1.807) is 0 Å². The minimum atomic E-state index is 0.147. The highest BCUT2D eigenvalue weighted by molar-refractivity contribution is 6.10. The standard InChI is InChI=1S/C14H18N2O/c1-9(2)15-8-13(17)14-10(3)16-12-7-5-4-6-11(12)14/h4-7,9,15-16H,8H2,1-3H3. The summed E-state index contributed by atoms with van der Waals surface area (Å²) in [7, 11) is 0. The number of para-hydroxylation sites is 1. The summed E-state index contributed by atoms with van der Waals surface area (Å²) in [6, 6.07) is 8.24. The molecule has 0 unspecified atom stereocenters. The molecule has 0 saturated heterocycles. The monoisotopic (exact) mass is 230 g/mol. The van der Waals surface area contributed by atoms with Gasteiger partial charge in [-0.1, -0.05) is 32.0 Å². The largest absolute Gasteiger partial charge is 0.358 e. The van der Waals surface area contributed by atoms with Gasteiger partial charge in [0.2, 0.25) is 0 Å². The van der Waals surface area contributed by atoms with Gasteiger partial charge in [0.05, 0.1) is 6.54 Å². The number of ketones is 1. The normalized spacial score (nSPS) is 11.3. The van der Waals surface area contributed by atoms with Crippen molar-refractivity contribution in [1.82, 2.24) is 10.3 Å². The molecule has 2 aromatic rings. The van der Waals surface area contributed by atoms with Gasteiger partial charge < -0.3 is 10.3 Å². The summed E-state index contributed by atoms with van der Waals surface area (Å²) in [6.07, 6.45) is 0. The fourth-order valence-corrected chi connectivity index (χ4v) is 2.02. The third kappa shape index (κ3) is 2.39. The molecule has 0 aliphatic heterocycles. The van der Waals surface area contributed by atoms with Gasteiger partial charge in [-0.15, -0.1) is 0 Å². The molecule has 2 rings (SSSR count). The second-order valence-corrected chi connectivity index (χ2v) is 4.63. The van der Waals surface area contributed by atoms with E-state index in [9.17, 15) is 4.79 Å². The second-order valence-electron chi connectivity index (χ2n) is 4.63. The fraction of sp³-hybridized carbons (Fsp3) is 0.357. The Balaban J connectivity index is 2.34. The van der Waals surface area contributed by atoms with Crippen LogP contribution in [0.25, 0.3) is 10.9 Å². The minimum absolute atomic E-state index is 0.147. The van der Waals surface area contributed by atoms with Crippen LogP contribution in [0.3, 0.4) is 0 Å². The highest BCUT2D eigenvalue weighted by atomic mass is 16.1. The first kappa shape index (κ1) is 11.9. The van der Waals surface area contributed by atoms with E-state index in [1.165, 1.54) is 0 Å². The van der Waals surface area contributed by atoms with E-state index in [2.05, 4.69) is 10.3 Å². The Kier molecular flexibility index (Phi) is 3.29. The van der Waals surface area contributed by atoms with Gasteiger partial charge in [0, 0.05) is 28.2 Å². The van der Waals surface area contributed by atoms with Crippen LogP contribution in [-0.4, -0.2) is 23.4 Å². The lowest BCUT2D eigenvalue weighted by Gasteiger charge is -2.07. The van der Waals surface area contributed by atoms with Crippen molar-refractivity contribution in [2.75, 3.05) is 6.54 Å². The van der Waals surface area contributed by atoms with E-state index >= 15 is 0 Å². The molecular formula is C14H18N2O. The van der Waals surface area contributed by atoms with E-state index in [-0.39, 0.29) is 5.78 Å². The molecule has 1 aromatic carbocycles. The van der Waals surface area contributed by atoms with Gasteiger partial charge in [0.25, 0.3) is 0 Å². The van der Waals surface area contributed by atoms with Crippen LogP contribution < -0.4 is 5.32 Å². The average Bonchev–Trinajstić information content (AvgIpc) is 2.61. The summed E-state index contributed by atoms with van der Waals surface area (Å²) in [6.45, 7) is 6.41. The van der Waals surface area contributed by atoms with Gasteiger partial charge >= 0.3 is 0 Å². The zero-order chi connectivity index (χ0) is 12.4. The van der Waals surface area contributed by atoms with E-state index in [1.807, 2.05) is 45.0 Å². The summed E-state index contributed by atoms with van der Waals surface area (Å²) in [5, 5.41) is 4.18. The number of fused-ring (bicyclic) bond motifs is 1. The number of aromatic nitrogens is 1. The number of benzene rings is 1. The molecule has 0 aliphatic rings. The number of hydrogen-bond acceptors (Lipinski definition) is 2. The molecule has 90 valence electrons. The van der Waals surface area contributed by atoms with Crippen LogP contribution in [0.1, 0.15) is 29.9 Å². The molecule has 0 aliphatic carbocycles. The topological polar surface area (TPSA) is 44.9 Å². The van der Waals surface area contributed by atoms with Crippen molar-refractivity contribution in [2.24, 2.45) is 0 Å². The summed E-state index contributed by atoms with van der Waals surface area (Å²) in [4.78, 5) is 15.4. The third-order valence-corrected chi connectivity index (χ3v) is 2.84. The predicted molar refractivity (Wildman–Crippen MR) is 70.5 cm³/mol. The molecule has 0 amide bonds. The van der Waals surface area contributed by atoms with Crippen LogP contribution in [0.15, 0.2) is 24.3 Å². The van der Waals surface area contributed by atoms with E-state index in [4.69, 9.17) is 0 Å². The van der Waals surface area contributed by atoms with Crippen molar-refractivity contribution >= 4 is 16.7 Å². The molecule has 3 heteroatoms. The third-order valence-electron chi connectivity index (χ3n) is 2.84. The summed E-state index contributed by atoms with van der Waals surface area (Å²) in [5.41, 5.74) is 2.79. The zero-order valence-electron chi connectivity index (χ0n) is 10.5. The average molecular weight is 230 g/mol. The van der Waals surface area contributed by atoms with Crippen LogP contribution in [0.5, 0.6) is 0 Å². The number of nitrogens with one attached hydrogen (secondary N) is 2. The highest BCUT2D eigenvalue weighted by Gasteiger charge is 2.15. The lowest BCUT2D eigenvalue weighted by Crippen LogP contribution is -2.29. The lowest BCUT2D eigenvalue weighted by molar-refractivity contribution is 0.0989. The number of H-pyrrole nitrogens is 1. The first-order valence-electron chi connectivity index (χ1n) is 5.93. The van der Waals surface area contributed by atoms with Gasteiger partial charge in [-0.2, -0.15) is 0 Å². The Labute approximate surface area is 101 Å². The Morgan fingerprint density at radius 1 is 1.35 bits per heavy atom. The summed E-state index contributed by atoms with van der Waals surface area (Å²) < 4.78 is 0. The van der Waals surface area contributed by atoms with Crippen LogP contribution in [0, 0.1) is 6.92 Å². The maximum atomic E-state index is 12.2. The Bertz CT molecular complexity index is 540. The number of carbonyl (C=O) groups excluding carboxylic acids is 1. The molecule has 1 heterocycles. The summed E-state index contributed by atoms with van der Waals surface area (Å²) >= 11 is 0. The molecule has 0 bridgehead atoms. The van der Waals surface area contributed by atoms with Crippen LogP contribution >= 0.6 is 0 Å². The number of aryl methyl sites for hydroxylation is 1. The molecule has 0 radical (unpaired) electrons. The number of aromatic amines is 1. The maximum Gasteiger partial charge on any atom is 0.179 e. The van der Waals surface area contributed by atoms with Crippen molar-refractivity contribution in [2.45, 2.75) is 26.8 Å². The van der Waals surface area contributed by atoms with Gasteiger partial charge in [-0.25, -0.2) is 0 Å². The molecule has 0 spiro atoms. The van der Waals surface area contributed by atoms with Crippen LogP contribution in [0.2, 0.25) is 0 Å². The van der Waals surface area contributed by atoms with E-state index in [0.717, 1.165) is 22.2 Å². The van der Waals surface area contributed by atoms with Crippen molar-refractivity contribution in [1.29, 1.82) is 0 Å². The highest BCUT2D eigenvalue weighted by Crippen LogP contribution is 2.21. The van der Waals surface area contributed by atoms with Gasteiger partial charge in [0.15, 0.2) is 5.78 Å². The number of carbonyl (C=O) groups is 1. The van der Waals surface area contributed by atoms with E-state index in [0.29, 0.717) is 12.6 Å². The maximum absolute atomic E-state index is 12.2. The molecule has 3 nitrogen and oxygen atoms in total. The smallest absolute Gasteiger partial charge is 0.179 e. The molecular weight excluding hydrogens is 212 g/mol. The Morgan fingerprint density at radius 2 is 2.06 bits per heavy atom. The van der Waals surface area contributed by atoms with Gasteiger partial charge in [-0.3, -0.25) is 4.79 Å². The van der Waals surface area contributed by atoms with Crippen molar-refractivity contribution < 1.29 is 4.79 Å². The molecule has 0 atom stereocenters. The SMILES string of the molecule is Cc1[nH]c2ccccc2c1C(=O)CNC(C)C.